The molecule has 0 amide bonds. The van der Waals surface area contributed by atoms with Crippen molar-refractivity contribution in [2.24, 2.45) is 4.40 Å². The second-order valence-electron chi connectivity index (χ2n) is 5.70. The van der Waals surface area contributed by atoms with Crippen molar-refractivity contribution in [1.82, 2.24) is 9.36 Å². The van der Waals surface area contributed by atoms with Crippen molar-refractivity contribution in [2.75, 3.05) is 7.11 Å². The van der Waals surface area contributed by atoms with Crippen molar-refractivity contribution < 1.29 is 9.29 Å². The van der Waals surface area contributed by atoms with E-state index in [1.165, 1.54) is 11.5 Å². The topological polar surface area (TPSA) is 70.4 Å². The predicted octanol–water partition coefficient (Wildman–Crippen LogP) is 3.48. The summed E-state index contributed by atoms with van der Waals surface area (Å²) in [6.45, 7) is 7.57. The van der Waals surface area contributed by atoms with Crippen LogP contribution in [-0.2, 0) is 11.4 Å². The fourth-order valence-electron chi connectivity index (χ4n) is 1.57. The monoisotopic (exact) mass is 337 g/mol. The minimum Gasteiger partial charge on any atom is -0.591 e. The van der Waals surface area contributed by atoms with Crippen LogP contribution in [0.3, 0.4) is 0 Å². The van der Waals surface area contributed by atoms with E-state index in [4.69, 9.17) is 4.74 Å². The Bertz CT molecular complexity index is 677. The molecule has 2 heterocycles. The molecule has 0 unspecified atom stereocenters. The van der Waals surface area contributed by atoms with Gasteiger partial charge in [0.15, 0.2) is 0 Å². The molecule has 0 saturated carbocycles. The second kappa shape index (κ2) is 6.76. The normalized spacial score (nSPS) is 14.0. The van der Waals surface area contributed by atoms with E-state index in [-0.39, 0.29) is 4.75 Å². The number of hydrogen-bond acceptors (Lipinski definition) is 6. The second-order valence-corrected chi connectivity index (χ2v) is 8.41. The molecular formula is C15H19N3O2S2. The van der Waals surface area contributed by atoms with Gasteiger partial charge in [-0.1, -0.05) is 4.40 Å². The third-order valence-corrected chi connectivity index (χ3v) is 5.24. The molecule has 0 aliphatic rings. The highest BCUT2D eigenvalue weighted by molar-refractivity contribution is 7.91. The van der Waals surface area contributed by atoms with Crippen LogP contribution in [-0.4, -0.2) is 31.5 Å². The van der Waals surface area contributed by atoms with Crippen molar-refractivity contribution in [3.05, 3.63) is 29.3 Å². The minimum absolute atomic E-state index is 0.368. The molecule has 0 radical (unpaired) electrons. The molecule has 22 heavy (non-hydrogen) atoms. The molecule has 0 N–H and O–H groups in total. The zero-order valence-electron chi connectivity index (χ0n) is 13.3. The van der Waals surface area contributed by atoms with Crippen molar-refractivity contribution in [2.45, 2.75) is 32.4 Å². The number of methoxy groups -OCH3 is 1. The van der Waals surface area contributed by atoms with Gasteiger partial charge in [0.1, 0.15) is 21.8 Å². The molecule has 118 valence electrons. The first kappa shape index (κ1) is 16.9. The van der Waals surface area contributed by atoms with Crippen molar-refractivity contribution >= 4 is 28.6 Å². The molecule has 0 spiro atoms. The van der Waals surface area contributed by atoms with Crippen molar-refractivity contribution in [3.8, 4) is 17.1 Å². The van der Waals surface area contributed by atoms with Gasteiger partial charge in [0, 0.05) is 17.8 Å². The van der Waals surface area contributed by atoms with Crippen LogP contribution in [0.25, 0.3) is 11.3 Å². The van der Waals surface area contributed by atoms with Crippen LogP contribution in [0.5, 0.6) is 5.88 Å². The zero-order valence-corrected chi connectivity index (χ0v) is 14.9. The number of aromatic nitrogens is 2. The smallest absolute Gasteiger partial charge is 0.213 e. The summed E-state index contributed by atoms with van der Waals surface area (Å²) in [5.74, 6) is 0.547. The molecule has 2 aromatic heterocycles. The molecule has 0 aliphatic heterocycles. The van der Waals surface area contributed by atoms with Gasteiger partial charge in [-0.15, -0.1) is 0 Å². The van der Waals surface area contributed by atoms with E-state index in [0.29, 0.717) is 5.88 Å². The molecule has 0 saturated heterocycles. The van der Waals surface area contributed by atoms with Gasteiger partial charge < -0.3 is 9.29 Å². The molecule has 0 aliphatic carbocycles. The first-order chi connectivity index (χ1) is 10.3. The van der Waals surface area contributed by atoms with Gasteiger partial charge in [-0.3, -0.25) is 0 Å². The summed E-state index contributed by atoms with van der Waals surface area (Å²) in [5, 5.41) is 0. The fourth-order valence-corrected chi connectivity index (χ4v) is 2.94. The van der Waals surface area contributed by atoms with Crippen LogP contribution in [0.2, 0.25) is 0 Å². The lowest BCUT2D eigenvalue weighted by atomic mass is 10.2. The molecule has 2 aromatic rings. The molecule has 0 aromatic carbocycles. The van der Waals surface area contributed by atoms with Gasteiger partial charge in [0.25, 0.3) is 0 Å². The van der Waals surface area contributed by atoms with E-state index in [2.05, 4.69) is 13.8 Å². The Labute approximate surface area is 138 Å². The quantitative estimate of drug-likeness (QED) is 0.632. The SMILES string of the molecule is COc1cc(-c2cc(/C(C)=N/[S@@+]([O-])C(C)(C)C)sn2)ccn1. The summed E-state index contributed by atoms with van der Waals surface area (Å²) in [6.07, 6.45) is 1.68. The van der Waals surface area contributed by atoms with E-state index in [1.54, 1.807) is 13.3 Å². The Morgan fingerprint density at radius 3 is 2.73 bits per heavy atom. The highest BCUT2D eigenvalue weighted by atomic mass is 32.2. The number of hydrogen-bond donors (Lipinski definition) is 0. The van der Waals surface area contributed by atoms with Gasteiger partial charge in [-0.25, -0.2) is 4.98 Å². The predicted molar refractivity (Wildman–Crippen MR) is 92.0 cm³/mol. The Balaban J connectivity index is 2.26. The van der Waals surface area contributed by atoms with E-state index < -0.39 is 11.4 Å². The molecule has 0 bridgehead atoms. The largest absolute Gasteiger partial charge is 0.591 e. The van der Waals surface area contributed by atoms with Gasteiger partial charge in [0.05, 0.1) is 17.7 Å². The molecular weight excluding hydrogens is 318 g/mol. The number of nitrogens with zero attached hydrogens (tertiary/aromatic N) is 3. The maximum atomic E-state index is 12.1. The summed E-state index contributed by atoms with van der Waals surface area (Å²) < 4.78 is 25.6. The van der Waals surface area contributed by atoms with Gasteiger partial charge in [-0.05, 0) is 51.4 Å². The Kier molecular flexibility index (Phi) is 5.20. The van der Waals surface area contributed by atoms with Crippen LogP contribution in [0.4, 0.5) is 0 Å². The molecule has 1 atom stereocenters. The third kappa shape index (κ3) is 4.06. The molecule has 7 heteroatoms. The fraction of sp³-hybridized carbons (Fsp3) is 0.400. The first-order valence-electron chi connectivity index (χ1n) is 6.76. The van der Waals surface area contributed by atoms with Crippen LogP contribution >= 0.6 is 11.5 Å². The maximum Gasteiger partial charge on any atom is 0.213 e. The van der Waals surface area contributed by atoms with Crippen molar-refractivity contribution in [1.29, 1.82) is 0 Å². The molecule has 0 fully saturated rings. The number of ether oxygens (including phenoxy) is 1. The van der Waals surface area contributed by atoms with Crippen molar-refractivity contribution in [3.63, 3.8) is 0 Å². The lowest BCUT2D eigenvalue weighted by Gasteiger charge is -2.18. The number of pyridine rings is 1. The molecule has 2 rings (SSSR count). The minimum atomic E-state index is -1.27. The lowest BCUT2D eigenvalue weighted by Crippen LogP contribution is -2.26. The van der Waals surface area contributed by atoms with Crippen LogP contribution in [0.15, 0.2) is 28.8 Å². The Morgan fingerprint density at radius 1 is 1.36 bits per heavy atom. The van der Waals surface area contributed by atoms with Gasteiger partial charge in [0.2, 0.25) is 5.88 Å². The van der Waals surface area contributed by atoms with Gasteiger partial charge >= 0.3 is 0 Å². The van der Waals surface area contributed by atoms with E-state index >= 15 is 0 Å². The van der Waals surface area contributed by atoms with E-state index in [0.717, 1.165) is 21.8 Å². The summed E-state index contributed by atoms with van der Waals surface area (Å²) in [7, 11) is 1.58. The van der Waals surface area contributed by atoms with Crippen LogP contribution in [0, 0.1) is 0 Å². The highest BCUT2D eigenvalue weighted by Gasteiger charge is 2.27. The van der Waals surface area contributed by atoms with E-state index in [9.17, 15) is 4.55 Å². The Morgan fingerprint density at radius 2 is 2.09 bits per heavy atom. The summed E-state index contributed by atoms with van der Waals surface area (Å²) in [6, 6.07) is 5.65. The Hall–Kier alpha value is -1.44. The number of rotatable bonds is 4. The van der Waals surface area contributed by atoms with Crippen LogP contribution in [0.1, 0.15) is 32.6 Å². The standard InChI is InChI=1S/C15H19N3O2S2/c1-10(18-22(19)15(2,3)4)13-9-12(17-21-13)11-6-7-16-14(8-11)20-5/h6-9H,1-5H3/b18-10+/t22-/m0/s1. The summed E-state index contributed by atoms with van der Waals surface area (Å²) in [5.41, 5.74) is 2.49. The zero-order chi connectivity index (χ0) is 16.3. The maximum absolute atomic E-state index is 12.1. The highest BCUT2D eigenvalue weighted by Crippen LogP contribution is 2.25. The molecule has 5 nitrogen and oxygen atoms in total. The van der Waals surface area contributed by atoms with Gasteiger partial charge in [-0.2, -0.15) is 4.37 Å². The van der Waals surface area contributed by atoms with Crippen LogP contribution < -0.4 is 4.74 Å². The average molecular weight is 337 g/mol. The summed E-state index contributed by atoms with van der Waals surface area (Å²) >= 11 is 0.0707. The lowest BCUT2D eigenvalue weighted by molar-refractivity contribution is 0.398. The summed E-state index contributed by atoms with van der Waals surface area (Å²) in [4.78, 5) is 4.99. The first-order valence-corrected chi connectivity index (χ1v) is 8.64. The average Bonchev–Trinajstić information content (AvgIpc) is 2.96. The third-order valence-electron chi connectivity index (χ3n) is 2.85. The van der Waals surface area contributed by atoms with E-state index in [1.807, 2.05) is 45.9 Å².